The van der Waals surface area contributed by atoms with Crippen molar-refractivity contribution in [1.29, 1.82) is 0 Å². The summed E-state index contributed by atoms with van der Waals surface area (Å²) in [6.45, 7) is 5.62. The standard InChI is InChI=1S/C13H14Cl2N2O3/c1-4-5-13(2)6-7(12(19)20-3)17-8(13)9(14)16-10(15)11(17)18/h4,7H,1,5-6H2,2-3H3/t7-,13+/m0/s1. The summed E-state index contributed by atoms with van der Waals surface area (Å²) >= 11 is 11.9. The highest BCUT2D eigenvalue weighted by Crippen LogP contribution is 2.45. The van der Waals surface area contributed by atoms with E-state index < -0.39 is 23.0 Å². The van der Waals surface area contributed by atoms with Gasteiger partial charge in [-0.15, -0.1) is 6.58 Å². The molecule has 2 heterocycles. The van der Waals surface area contributed by atoms with Gasteiger partial charge in [0.05, 0.1) is 12.8 Å². The molecule has 20 heavy (non-hydrogen) atoms. The van der Waals surface area contributed by atoms with Crippen molar-refractivity contribution < 1.29 is 9.53 Å². The Labute approximate surface area is 126 Å². The summed E-state index contributed by atoms with van der Waals surface area (Å²) < 4.78 is 6.06. The molecule has 0 spiro atoms. The van der Waals surface area contributed by atoms with Crippen LogP contribution in [0.15, 0.2) is 17.4 Å². The third-order valence-electron chi connectivity index (χ3n) is 3.62. The van der Waals surface area contributed by atoms with E-state index in [1.807, 2.05) is 6.92 Å². The zero-order valence-electron chi connectivity index (χ0n) is 11.2. The third-order valence-corrected chi connectivity index (χ3v) is 4.13. The Morgan fingerprint density at radius 1 is 1.60 bits per heavy atom. The molecule has 2 rings (SSSR count). The SMILES string of the molecule is C=CC[C@]1(C)C[C@@H](C(=O)OC)n2c1c(Cl)nc(Cl)c2=O. The number of rotatable bonds is 3. The number of fused-ring (bicyclic) bond motifs is 1. The maximum absolute atomic E-state index is 12.2. The number of esters is 1. The first-order valence-corrected chi connectivity index (χ1v) is 6.78. The molecule has 0 saturated heterocycles. The summed E-state index contributed by atoms with van der Waals surface area (Å²) in [5.74, 6) is -0.500. The van der Waals surface area contributed by atoms with Crippen molar-refractivity contribution in [2.24, 2.45) is 0 Å². The van der Waals surface area contributed by atoms with Crippen molar-refractivity contribution in [1.82, 2.24) is 9.55 Å². The van der Waals surface area contributed by atoms with Gasteiger partial charge in [0.2, 0.25) is 0 Å². The smallest absolute Gasteiger partial charge is 0.329 e. The van der Waals surface area contributed by atoms with E-state index in [2.05, 4.69) is 11.6 Å². The quantitative estimate of drug-likeness (QED) is 0.635. The molecule has 0 N–H and O–H groups in total. The van der Waals surface area contributed by atoms with Gasteiger partial charge >= 0.3 is 5.97 Å². The van der Waals surface area contributed by atoms with Crippen LogP contribution < -0.4 is 5.56 Å². The molecule has 0 saturated carbocycles. The lowest BCUT2D eigenvalue weighted by Crippen LogP contribution is -2.30. The molecule has 1 aliphatic rings. The minimum Gasteiger partial charge on any atom is -0.467 e. The topological polar surface area (TPSA) is 61.2 Å². The number of hydrogen-bond acceptors (Lipinski definition) is 4. The van der Waals surface area contributed by atoms with E-state index in [0.29, 0.717) is 18.5 Å². The Hall–Kier alpha value is -1.33. The zero-order chi connectivity index (χ0) is 15.1. The van der Waals surface area contributed by atoms with Gasteiger partial charge in [-0.3, -0.25) is 9.36 Å². The molecule has 0 fully saturated rings. The van der Waals surface area contributed by atoms with E-state index in [9.17, 15) is 9.59 Å². The maximum atomic E-state index is 12.2. The van der Waals surface area contributed by atoms with Crippen LogP contribution in [0.2, 0.25) is 10.3 Å². The van der Waals surface area contributed by atoms with Crippen LogP contribution in [0.1, 0.15) is 31.5 Å². The molecule has 1 aliphatic heterocycles. The van der Waals surface area contributed by atoms with E-state index >= 15 is 0 Å². The normalized spacial score (nSPS) is 24.3. The molecule has 0 radical (unpaired) electrons. The molecule has 1 aromatic rings. The van der Waals surface area contributed by atoms with Gasteiger partial charge in [-0.2, -0.15) is 0 Å². The first-order valence-electron chi connectivity index (χ1n) is 6.02. The van der Waals surface area contributed by atoms with E-state index in [-0.39, 0.29) is 10.3 Å². The van der Waals surface area contributed by atoms with Gasteiger partial charge in [0.1, 0.15) is 6.04 Å². The molecule has 0 amide bonds. The minimum absolute atomic E-state index is 0.130. The summed E-state index contributed by atoms with van der Waals surface area (Å²) in [6, 6.07) is -0.745. The fourth-order valence-electron chi connectivity index (χ4n) is 2.76. The van der Waals surface area contributed by atoms with Crippen LogP contribution in [-0.2, 0) is 14.9 Å². The van der Waals surface area contributed by atoms with Crippen LogP contribution in [0.4, 0.5) is 0 Å². The number of ether oxygens (including phenoxy) is 1. The number of allylic oxidation sites excluding steroid dienone is 1. The number of nitrogens with zero attached hydrogens (tertiary/aromatic N) is 2. The highest BCUT2D eigenvalue weighted by atomic mass is 35.5. The van der Waals surface area contributed by atoms with Crippen LogP contribution >= 0.6 is 23.2 Å². The number of carbonyl (C=O) groups is 1. The molecule has 2 atom stereocenters. The second-order valence-electron chi connectivity index (χ2n) is 5.01. The Kier molecular flexibility index (Phi) is 3.93. The molecule has 0 aromatic carbocycles. The first-order chi connectivity index (χ1) is 9.35. The molecular weight excluding hydrogens is 303 g/mol. The summed E-state index contributed by atoms with van der Waals surface area (Å²) in [4.78, 5) is 28.0. The number of hydrogen-bond donors (Lipinski definition) is 0. The Morgan fingerprint density at radius 3 is 2.80 bits per heavy atom. The van der Waals surface area contributed by atoms with Gasteiger partial charge in [0.25, 0.3) is 5.56 Å². The van der Waals surface area contributed by atoms with E-state index in [1.165, 1.54) is 11.7 Å². The van der Waals surface area contributed by atoms with Crippen LogP contribution in [0.25, 0.3) is 0 Å². The summed E-state index contributed by atoms with van der Waals surface area (Å²) in [7, 11) is 1.28. The van der Waals surface area contributed by atoms with Crippen molar-refractivity contribution in [2.45, 2.75) is 31.2 Å². The molecule has 5 nitrogen and oxygen atoms in total. The van der Waals surface area contributed by atoms with Crippen molar-refractivity contribution >= 4 is 29.2 Å². The number of aromatic nitrogens is 2. The zero-order valence-corrected chi connectivity index (χ0v) is 12.7. The lowest BCUT2D eigenvalue weighted by molar-refractivity contribution is -0.144. The molecule has 0 bridgehead atoms. The van der Waals surface area contributed by atoms with Gasteiger partial charge in [-0.05, 0) is 12.8 Å². The number of carbonyl (C=O) groups excluding carboxylic acids is 1. The van der Waals surface area contributed by atoms with E-state index in [1.54, 1.807) is 6.08 Å². The van der Waals surface area contributed by atoms with Crippen LogP contribution in [0.5, 0.6) is 0 Å². The fourth-order valence-corrected chi connectivity index (χ4v) is 3.39. The van der Waals surface area contributed by atoms with Crippen molar-refractivity contribution in [3.63, 3.8) is 0 Å². The maximum Gasteiger partial charge on any atom is 0.329 e. The molecule has 1 aromatic heterocycles. The summed E-state index contributed by atoms with van der Waals surface area (Å²) in [6.07, 6.45) is 2.67. The van der Waals surface area contributed by atoms with Crippen molar-refractivity contribution in [3.8, 4) is 0 Å². The highest BCUT2D eigenvalue weighted by Gasteiger charge is 2.46. The number of methoxy groups -OCH3 is 1. The second kappa shape index (κ2) is 5.22. The van der Waals surface area contributed by atoms with Crippen molar-refractivity contribution in [2.75, 3.05) is 7.11 Å². The summed E-state index contributed by atoms with van der Waals surface area (Å²) in [5, 5.41) is -0.124. The van der Waals surface area contributed by atoms with E-state index in [0.717, 1.165) is 0 Å². The largest absolute Gasteiger partial charge is 0.467 e. The molecule has 0 aliphatic carbocycles. The Morgan fingerprint density at radius 2 is 2.25 bits per heavy atom. The van der Waals surface area contributed by atoms with Gasteiger partial charge in [0.15, 0.2) is 10.3 Å². The Balaban J connectivity index is 2.75. The van der Waals surface area contributed by atoms with Crippen LogP contribution in [-0.4, -0.2) is 22.6 Å². The van der Waals surface area contributed by atoms with Gasteiger partial charge < -0.3 is 4.74 Å². The van der Waals surface area contributed by atoms with Crippen molar-refractivity contribution in [3.05, 3.63) is 39.0 Å². The molecule has 0 unspecified atom stereocenters. The van der Waals surface area contributed by atoms with Crippen LogP contribution in [0, 0.1) is 0 Å². The van der Waals surface area contributed by atoms with Crippen LogP contribution in [0.3, 0.4) is 0 Å². The highest BCUT2D eigenvalue weighted by molar-refractivity contribution is 6.32. The monoisotopic (exact) mass is 316 g/mol. The minimum atomic E-state index is -0.745. The third kappa shape index (κ3) is 2.15. The van der Waals surface area contributed by atoms with E-state index in [4.69, 9.17) is 27.9 Å². The fraction of sp³-hybridized carbons (Fsp3) is 0.462. The average molecular weight is 317 g/mol. The number of halogens is 2. The van der Waals surface area contributed by atoms with Gasteiger partial charge in [-0.1, -0.05) is 36.2 Å². The van der Waals surface area contributed by atoms with Gasteiger partial charge in [0, 0.05) is 5.41 Å². The summed E-state index contributed by atoms with van der Waals surface area (Å²) in [5.41, 5.74) is -0.535. The van der Waals surface area contributed by atoms with Gasteiger partial charge in [-0.25, -0.2) is 9.78 Å². The average Bonchev–Trinajstić information content (AvgIpc) is 2.70. The molecular formula is C13H14Cl2N2O3. The lowest BCUT2D eigenvalue weighted by atomic mass is 9.81. The predicted molar refractivity (Wildman–Crippen MR) is 76.4 cm³/mol. The molecule has 7 heteroatoms. The lowest BCUT2D eigenvalue weighted by Gasteiger charge is -2.22. The predicted octanol–water partition coefficient (Wildman–Crippen LogP) is 2.50. The second-order valence-corrected chi connectivity index (χ2v) is 5.73. The molecule has 108 valence electrons. The first kappa shape index (κ1) is 15.1. The Bertz CT molecular complexity index is 641.